The zero-order valence-electron chi connectivity index (χ0n) is 14.8. The van der Waals surface area contributed by atoms with E-state index in [0.717, 1.165) is 16.4 Å². The molecule has 1 aliphatic rings. The van der Waals surface area contributed by atoms with Gasteiger partial charge < -0.3 is 4.74 Å². The predicted molar refractivity (Wildman–Crippen MR) is 95.1 cm³/mol. The molecule has 0 amide bonds. The Labute approximate surface area is 167 Å². The van der Waals surface area contributed by atoms with Crippen LogP contribution in [0.5, 0.6) is 5.88 Å². The number of aromatic nitrogens is 4. The fraction of sp³-hybridized carbons (Fsp3) is 0.312. The molecule has 0 saturated carbocycles. The molecule has 3 heterocycles. The highest BCUT2D eigenvalue weighted by atomic mass is 35.5. The van der Waals surface area contributed by atoms with Crippen LogP contribution in [-0.4, -0.2) is 51.5 Å². The maximum atomic E-state index is 13.0. The fourth-order valence-electron chi connectivity index (χ4n) is 2.85. The van der Waals surface area contributed by atoms with Crippen LogP contribution in [0.25, 0.3) is 5.78 Å². The average molecular weight is 448 g/mol. The highest BCUT2D eigenvalue weighted by Gasteiger charge is 2.40. The van der Waals surface area contributed by atoms with E-state index >= 15 is 0 Å². The van der Waals surface area contributed by atoms with Gasteiger partial charge in [0, 0.05) is 11.8 Å². The molecule has 1 saturated heterocycles. The molecule has 0 aliphatic carbocycles. The molecule has 0 unspecified atom stereocenters. The molecule has 0 spiro atoms. The number of hydrogen-bond acceptors (Lipinski definition) is 6. The molecule has 0 N–H and O–H groups in total. The lowest BCUT2D eigenvalue weighted by atomic mass is 10.2. The Morgan fingerprint density at radius 2 is 1.97 bits per heavy atom. The van der Waals surface area contributed by atoms with Crippen molar-refractivity contribution in [2.45, 2.75) is 24.1 Å². The first-order valence-electron chi connectivity index (χ1n) is 8.26. The molecule has 0 bridgehead atoms. The van der Waals surface area contributed by atoms with E-state index in [1.165, 1.54) is 10.8 Å². The van der Waals surface area contributed by atoms with Crippen LogP contribution in [0.3, 0.4) is 0 Å². The Hall–Kier alpha value is -2.44. The summed E-state index contributed by atoms with van der Waals surface area (Å²) in [6.45, 7) is 1.70. The maximum Gasteiger partial charge on any atom is 0.417 e. The minimum absolute atomic E-state index is 0.0239. The highest BCUT2D eigenvalue weighted by Crippen LogP contribution is 2.37. The summed E-state index contributed by atoms with van der Waals surface area (Å²) < 4.78 is 72.5. The molecular formula is C16H13ClF3N5O3S. The first-order chi connectivity index (χ1) is 13.6. The van der Waals surface area contributed by atoms with Crippen LogP contribution in [0.2, 0.25) is 5.02 Å². The number of halogens is 4. The van der Waals surface area contributed by atoms with Gasteiger partial charge in [-0.1, -0.05) is 11.6 Å². The lowest BCUT2D eigenvalue weighted by Gasteiger charge is -2.37. The summed E-state index contributed by atoms with van der Waals surface area (Å²) in [6, 6.07) is 4.14. The molecule has 0 radical (unpaired) electrons. The molecule has 29 heavy (non-hydrogen) atoms. The van der Waals surface area contributed by atoms with Crippen LogP contribution >= 0.6 is 11.6 Å². The van der Waals surface area contributed by atoms with E-state index in [-0.39, 0.29) is 13.1 Å². The summed E-state index contributed by atoms with van der Waals surface area (Å²) in [4.78, 5) is 7.67. The molecular weight excluding hydrogens is 435 g/mol. The number of sulfonamides is 1. The Bertz CT molecular complexity index is 1190. The van der Waals surface area contributed by atoms with Gasteiger partial charge in [0.1, 0.15) is 12.4 Å². The molecule has 2 aromatic heterocycles. The molecule has 4 rings (SSSR count). The molecule has 3 aromatic rings. The van der Waals surface area contributed by atoms with Crippen molar-refractivity contribution in [1.82, 2.24) is 23.9 Å². The monoisotopic (exact) mass is 447 g/mol. The van der Waals surface area contributed by atoms with Crippen molar-refractivity contribution in [3.05, 3.63) is 46.9 Å². The zero-order chi connectivity index (χ0) is 21.0. The second kappa shape index (κ2) is 6.82. The van der Waals surface area contributed by atoms with Crippen molar-refractivity contribution >= 4 is 27.4 Å². The van der Waals surface area contributed by atoms with Crippen LogP contribution in [0, 0.1) is 6.92 Å². The molecule has 8 nitrogen and oxygen atoms in total. The topological polar surface area (TPSA) is 89.7 Å². The standard InChI is InChI=1S/C16H13ClF3N5O3S/c1-9-4-14(25-15(23-9)21-8-22-25)28-10-6-24(7-10)29(26,27)11-2-3-13(17)12(5-11)16(18,19)20/h2-5,8,10H,6-7H2,1H3. The van der Waals surface area contributed by atoms with Gasteiger partial charge in [-0.15, -0.1) is 0 Å². The Morgan fingerprint density at radius 3 is 2.66 bits per heavy atom. The van der Waals surface area contributed by atoms with Crippen LogP contribution in [-0.2, 0) is 16.2 Å². The number of benzene rings is 1. The fourth-order valence-corrected chi connectivity index (χ4v) is 4.61. The van der Waals surface area contributed by atoms with E-state index < -0.39 is 37.8 Å². The van der Waals surface area contributed by atoms with E-state index in [0.29, 0.717) is 23.4 Å². The maximum absolute atomic E-state index is 13.0. The predicted octanol–water partition coefficient (Wildman–Crippen LogP) is 2.56. The zero-order valence-corrected chi connectivity index (χ0v) is 16.3. The second-order valence-electron chi connectivity index (χ2n) is 6.41. The van der Waals surface area contributed by atoms with Gasteiger partial charge in [-0.25, -0.2) is 13.4 Å². The van der Waals surface area contributed by atoms with Gasteiger partial charge in [-0.3, -0.25) is 0 Å². The average Bonchev–Trinajstić information content (AvgIpc) is 3.04. The van der Waals surface area contributed by atoms with Crippen molar-refractivity contribution in [1.29, 1.82) is 0 Å². The van der Waals surface area contributed by atoms with E-state index in [1.807, 2.05) is 0 Å². The molecule has 1 aromatic carbocycles. The van der Waals surface area contributed by atoms with Crippen LogP contribution in [0.4, 0.5) is 13.2 Å². The molecule has 1 fully saturated rings. The summed E-state index contributed by atoms with van der Waals surface area (Å²) in [6.07, 6.45) is -3.94. The first kappa shape index (κ1) is 19.9. The number of nitrogens with zero attached hydrogens (tertiary/aromatic N) is 5. The number of rotatable bonds is 4. The van der Waals surface area contributed by atoms with Crippen molar-refractivity contribution in [3.63, 3.8) is 0 Å². The smallest absolute Gasteiger partial charge is 0.417 e. The summed E-state index contributed by atoms with van der Waals surface area (Å²) in [5, 5.41) is 3.43. The van der Waals surface area contributed by atoms with Gasteiger partial charge in [0.15, 0.2) is 0 Å². The van der Waals surface area contributed by atoms with E-state index in [2.05, 4.69) is 15.1 Å². The van der Waals surface area contributed by atoms with Crippen molar-refractivity contribution < 1.29 is 26.3 Å². The lowest BCUT2D eigenvalue weighted by molar-refractivity contribution is -0.137. The number of aryl methyl sites for hydroxylation is 1. The summed E-state index contributed by atoms with van der Waals surface area (Å²) in [5.74, 6) is 0.683. The SMILES string of the molecule is Cc1cc(OC2CN(S(=O)(=O)c3ccc(Cl)c(C(F)(F)F)c3)C2)n2ncnc2n1. The second-order valence-corrected chi connectivity index (χ2v) is 8.75. The van der Waals surface area contributed by atoms with E-state index in [9.17, 15) is 21.6 Å². The third-order valence-electron chi connectivity index (χ3n) is 4.33. The Kier molecular flexibility index (Phi) is 4.67. The quantitative estimate of drug-likeness (QED) is 0.610. The molecule has 154 valence electrons. The van der Waals surface area contributed by atoms with E-state index in [4.69, 9.17) is 16.3 Å². The number of hydrogen-bond donors (Lipinski definition) is 0. The molecule has 0 atom stereocenters. The van der Waals surface area contributed by atoms with Gasteiger partial charge in [-0.2, -0.15) is 32.1 Å². The molecule has 1 aliphatic heterocycles. The third-order valence-corrected chi connectivity index (χ3v) is 6.49. The highest BCUT2D eigenvalue weighted by molar-refractivity contribution is 7.89. The summed E-state index contributed by atoms with van der Waals surface area (Å²) in [7, 11) is -4.12. The minimum atomic E-state index is -4.76. The summed E-state index contributed by atoms with van der Waals surface area (Å²) in [5.41, 5.74) is -0.556. The van der Waals surface area contributed by atoms with Crippen molar-refractivity contribution in [2.24, 2.45) is 0 Å². The van der Waals surface area contributed by atoms with Gasteiger partial charge in [-0.05, 0) is 25.1 Å². The minimum Gasteiger partial charge on any atom is -0.471 e. The molecule has 13 heteroatoms. The lowest BCUT2D eigenvalue weighted by Crippen LogP contribution is -2.56. The largest absolute Gasteiger partial charge is 0.471 e. The first-order valence-corrected chi connectivity index (χ1v) is 10.1. The Morgan fingerprint density at radius 1 is 1.24 bits per heavy atom. The van der Waals surface area contributed by atoms with Gasteiger partial charge >= 0.3 is 6.18 Å². The normalized spacial score (nSPS) is 16.2. The van der Waals surface area contributed by atoms with Crippen molar-refractivity contribution in [2.75, 3.05) is 13.1 Å². The van der Waals surface area contributed by atoms with Gasteiger partial charge in [0.05, 0.1) is 28.6 Å². The number of fused-ring (bicyclic) bond motifs is 1. The summed E-state index contributed by atoms with van der Waals surface area (Å²) >= 11 is 5.56. The van der Waals surface area contributed by atoms with E-state index in [1.54, 1.807) is 13.0 Å². The number of alkyl halides is 3. The Balaban J connectivity index is 1.51. The van der Waals surface area contributed by atoms with Crippen LogP contribution in [0.1, 0.15) is 11.3 Å². The van der Waals surface area contributed by atoms with Crippen LogP contribution in [0.15, 0.2) is 35.5 Å². The van der Waals surface area contributed by atoms with Gasteiger partial charge in [0.2, 0.25) is 15.9 Å². The van der Waals surface area contributed by atoms with Crippen molar-refractivity contribution in [3.8, 4) is 5.88 Å². The van der Waals surface area contributed by atoms with Gasteiger partial charge in [0.25, 0.3) is 5.78 Å². The number of ether oxygens (including phenoxy) is 1. The third kappa shape index (κ3) is 3.63. The van der Waals surface area contributed by atoms with Crippen LogP contribution < -0.4 is 4.74 Å².